The van der Waals surface area contributed by atoms with Gasteiger partial charge in [-0.25, -0.2) is 0 Å². The molecule has 0 fully saturated rings. The Morgan fingerprint density at radius 1 is 1.04 bits per heavy atom. The second-order valence-electron chi connectivity index (χ2n) is 7.13. The van der Waals surface area contributed by atoms with E-state index >= 15 is 0 Å². The standard InChI is InChI=1S/C19H37NO4/c1-5-6-7-8-9-10-11-12-13-14-19(23)24-17(15-18(21)22)16-20(2,3)4/h17H,5-16H2,1-4H3/t17-/m0/s1/i2D3. The summed E-state index contributed by atoms with van der Waals surface area (Å²) in [7, 11) is 2.92. The van der Waals surface area contributed by atoms with Gasteiger partial charge in [0.2, 0.25) is 0 Å². The van der Waals surface area contributed by atoms with E-state index in [0.29, 0.717) is 6.42 Å². The van der Waals surface area contributed by atoms with Crippen molar-refractivity contribution in [1.82, 2.24) is 0 Å². The van der Waals surface area contributed by atoms with Gasteiger partial charge in [-0.05, 0) is 6.42 Å². The molecule has 0 N–H and O–H groups in total. The molecule has 0 aromatic heterocycles. The highest BCUT2D eigenvalue weighted by Gasteiger charge is 2.22. The molecule has 0 aliphatic rings. The molecule has 0 aliphatic heterocycles. The average molecular weight is 347 g/mol. The van der Waals surface area contributed by atoms with E-state index in [1.54, 1.807) is 0 Å². The number of unbranched alkanes of at least 4 members (excludes halogenated alkanes) is 8. The number of ether oxygens (including phenoxy) is 1. The van der Waals surface area contributed by atoms with Gasteiger partial charge in [0.05, 0.1) is 25.2 Å². The number of esters is 1. The SMILES string of the molecule is [2H]C([2H])([2H])[N+](C)(C)C[C@H](CC(=O)[O-])OC(=O)CCCCCCCCCCC. The molecule has 5 nitrogen and oxygen atoms in total. The summed E-state index contributed by atoms with van der Waals surface area (Å²) < 4.78 is 27.4. The first kappa shape index (κ1) is 17.7. The highest BCUT2D eigenvalue weighted by molar-refractivity contribution is 5.70. The minimum Gasteiger partial charge on any atom is -0.550 e. The number of carbonyl (C=O) groups is 2. The van der Waals surface area contributed by atoms with Crippen LogP contribution in [0.15, 0.2) is 0 Å². The highest BCUT2D eigenvalue weighted by atomic mass is 16.5. The molecule has 0 unspecified atom stereocenters. The molecule has 24 heavy (non-hydrogen) atoms. The Morgan fingerprint density at radius 3 is 2.08 bits per heavy atom. The number of carboxylic acid groups (broad SMARTS) is 1. The summed E-state index contributed by atoms with van der Waals surface area (Å²) in [5.74, 6) is -1.84. The molecule has 0 heterocycles. The zero-order chi connectivity index (χ0) is 20.9. The molecular formula is C19H37NO4. The molecule has 0 aromatic carbocycles. The quantitative estimate of drug-likeness (QED) is 0.260. The largest absolute Gasteiger partial charge is 0.550 e. The van der Waals surface area contributed by atoms with Crippen LogP contribution in [0, 0.1) is 0 Å². The Hall–Kier alpha value is -1.10. The number of nitrogens with zero attached hydrogens (tertiary/aromatic N) is 1. The summed E-state index contributed by atoms with van der Waals surface area (Å²) in [5.41, 5.74) is 0. The molecule has 0 amide bonds. The van der Waals surface area contributed by atoms with Gasteiger partial charge in [-0.2, -0.15) is 0 Å². The molecule has 0 aliphatic carbocycles. The average Bonchev–Trinajstić information content (AvgIpc) is 2.51. The van der Waals surface area contributed by atoms with Gasteiger partial charge >= 0.3 is 5.97 Å². The Labute approximate surface area is 152 Å². The fourth-order valence-electron chi connectivity index (χ4n) is 2.66. The van der Waals surface area contributed by atoms with Crippen molar-refractivity contribution in [1.29, 1.82) is 0 Å². The third-order valence-corrected chi connectivity index (χ3v) is 3.84. The monoisotopic (exact) mass is 346 g/mol. The summed E-state index contributed by atoms with van der Waals surface area (Å²) >= 11 is 0. The normalized spacial score (nSPS) is 15.2. The lowest BCUT2D eigenvalue weighted by molar-refractivity contribution is -0.873. The fourth-order valence-corrected chi connectivity index (χ4v) is 2.66. The lowest BCUT2D eigenvalue weighted by Gasteiger charge is -2.29. The topological polar surface area (TPSA) is 66.4 Å². The van der Waals surface area contributed by atoms with Crippen molar-refractivity contribution in [3.05, 3.63) is 0 Å². The van der Waals surface area contributed by atoms with Gasteiger partial charge in [-0.15, -0.1) is 0 Å². The first-order valence-corrected chi connectivity index (χ1v) is 9.22. The summed E-state index contributed by atoms with van der Waals surface area (Å²) in [5, 5.41) is 10.9. The molecule has 0 spiro atoms. The second-order valence-corrected chi connectivity index (χ2v) is 7.13. The smallest absolute Gasteiger partial charge is 0.306 e. The molecule has 0 bridgehead atoms. The molecule has 5 heteroatoms. The van der Waals surface area contributed by atoms with Crippen LogP contribution in [0.1, 0.15) is 81.7 Å². The molecular weight excluding hydrogens is 306 g/mol. The van der Waals surface area contributed by atoms with E-state index in [1.807, 2.05) is 0 Å². The number of rotatable bonds is 15. The van der Waals surface area contributed by atoms with Gasteiger partial charge in [0, 0.05) is 18.8 Å². The Morgan fingerprint density at radius 2 is 1.58 bits per heavy atom. The third kappa shape index (κ3) is 15.8. The first-order valence-electron chi connectivity index (χ1n) is 10.7. The summed E-state index contributed by atoms with van der Waals surface area (Å²) in [6, 6.07) is 0. The Bertz CT molecular complexity index is 439. The number of hydrogen-bond acceptors (Lipinski definition) is 4. The third-order valence-electron chi connectivity index (χ3n) is 3.84. The van der Waals surface area contributed by atoms with E-state index in [1.165, 1.54) is 46.2 Å². The van der Waals surface area contributed by atoms with Gasteiger partial charge in [0.25, 0.3) is 0 Å². The van der Waals surface area contributed by atoms with Crippen LogP contribution < -0.4 is 5.11 Å². The van der Waals surface area contributed by atoms with Gasteiger partial charge in [0.15, 0.2) is 6.10 Å². The Kier molecular flexibility index (Phi) is 9.76. The Balaban J connectivity index is 4.18. The first-order chi connectivity index (χ1) is 12.5. The molecule has 142 valence electrons. The summed E-state index contributed by atoms with van der Waals surface area (Å²) in [4.78, 5) is 22.9. The van der Waals surface area contributed by atoms with E-state index < -0.39 is 35.9 Å². The van der Waals surface area contributed by atoms with Crippen LogP contribution >= 0.6 is 0 Å². The van der Waals surface area contributed by atoms with Crippen molar-refractivity contribution >= 4 is 11.9 Å². The van der Waals surface area contributed by atoms with E-state index in [4.69, 9.17) is 8.85 Å². The number of aliphatic carboxylic acids is 1. The predicted molar refractivity (Wildman–Crippen MR) is 94.2 cm³/mol. The molecule has 1 atom stereocenters. The van der Waals surface area contributed by atoms with Crippen LogP contribution in [-0.4, -0.2) is 50.1 Å². The van der Waals surface area contributed by atoms with Crippen molar-refractivity contribution in [2.75, 3.05) is 27.6 Å². The number of hydrogen-bond donors (Lipinski definition) is 0. The van der Waals surface area contributed by atoms with E-state index in [2.05, 4.69) is 6.92 Å². The maximum Gasteiger partial charge on any atom is 0.306 e. The van der Waals surface area contributed by atoms with E-state index in [-0.39, 0.29) is 13.0 Å². The maximum absolute atomic E-state index is 12.0. The van der Waals surface area contributed by atoms with Crippen molar-refractivity contribution < 1.29 is 28.0 Å². The molecule has 0 aromatic rings. The number of carbonyl (C=O) groups excluding carboxylic acids is 2. The predicted octanol–water partition coefficient (Wildman–Crippen LogP) is 2.67. The van der Waals surface area contributed by atoms with Crippen LogP contribution in [0.4, 0.5) is 0 Å². The van der Waals surface area contributed by atoms with Crippen molar-refractivity contribution in [3.8, 4) is 0 Å². The van der Waals surface area contributed by atoms with Crippen LogP contribution in [0.2, 0.25) is 0 Å². The van der Waals surface area contributed by atoms with Gasteiger partial charge in [-0.1, -0.05) is 58.3 Å². The molecule has 0 saturated heterocycles. The maximum atomic E-state index is 12.0. The van der Waals surface area contributed by atoms with E-state index in [9.17, 15) is 14.7 Å². The van der Waals surface area contributed by atoms with Crippen LogP contribution in [0.5, 0.6) is 0 Å². The summed E-state index contributed by atoms with van der Waals surface area (Å²) in [6.45, 7) is -0.235. The minimum atomic E-state index is -2.33. The second kappa shape index (κ2) is 13.2. The van der Waals surface area contributed by atoms with Crippen LogP contribution in [-0.2, 0) is 14.3 Å². The zero-order valence-corrected chi connectivity index (χ0v) is 15.6. The number of quaternary nitrogens is 1. The molecule has 0 rings (SSSR count). The van der Waals surface area contributed by atoms with Gasteiger partial charge < -0.3 is 19.1 Å². The molecule has 0 saturated carbocycles. The van der Waals surface area contributed by atoms with Gasteiger partial charge in [-0.3, -0.25) is 4.79 Å². The van der Waals surface area contributed by atoms with Crippen LogP contribution in [0.25, 0.3) is 0 Å². The number of carboxylic acids is 1. The lowest BCUT2D eigenvalue weighted by atomic mass is 10.1. The minimum absolute atomic E-state index is 0.103. The molecule has 0 radical (unpaired) electrons. The summed E-state index contributed by atoms with van der Waals surface area (Å²) in [6.07, 6.45) is 8.89. The number of likely N-dealkylation sites (N-methyl/N-ethyl adjacent to an activating group) is 1. The van der Waals surface area contributed by atoms with E-state index in [0.717, 1.165) is 19.3 Å². The highest BCUT2D eigenvalue weighted by Crippen LogP contribution is 2.12. The fraction of sp³-hybridized carbons (Fsp3) is 0.895. The van der Waals surface area contributed by atoms with Gasteiger partial charge in [0.1, 0.15) is 6.54 Å². The van der Waals surface area contributed by atoms with Crippen molar-refractivity contribution in [3.63, 3.8) is 0 Å². The van der Waals surface area contributed by atoms with Crippen LogP contribution in [0.3, 0.4) is 0 Å². The zero-order valence-electron chi connectivity index (χ0n) is 18.6. The lowest BCUT2D eigenvalue weighted by Crippen LogP contribution is -2.45. The van der Waals surface area contributed by atoms with Crippen molar-refractivity contribution in [2.24, 2.45) is 0 Å². The van der Waals surface area contributed by atoms with Crippen molar-refractivity contribution in [2.45, 2.75) is 83.7 Å².